The normalized spacial score (nSPS) is 22.2. The average Bonchev–Trinajstić information content (AvgIpc) is 2.38. The fourth-order valence-electron chi connectivity index (χ4n) is 2.15. The summed E-state index contributed by atoms with van der Waals surface area (Å²) in [4.78, 5) is 13.8. The van der Waals surface area contributed by atoms with Crippen molar-refractivity contribution in [1.82, 2.24) is 4.90 Å². The van der Waals surface area contributed by atoms with Crippen LogP contribution >= 0.6 is 0 Å². The van der Waals surface area contributed by atoms with E-state index in [2.05, 4.69) is 0 Å². The van der Waals surface area contributed by atoms with Gasteiger partial charge in [0, 0.05) is 13.1 Å². The predicted molar refractivity (Wildman–Crippen MR) is 65.2 cm³/mol. The topological polar surface area (TPSA) is 66.6 Å². The Morgan fingerprint density at radius 2 is 2.12 bits per heavy atom. The molecule has 0 radical (unpaired) electrons. The maximum absolute atomic E-state index is 12.1. The number of hydrogen-bond donors (Lipinski definition) is 2. The Morgan fingerprint density at radius 3 is 2.76 bits per heavy atom. The van der Waals surface area contributed by atoms with E-state index in [0.29, 0.717) is 13.1 Å². The molecule has 4 heteroatoms. The molecule has 4 nitrogen and oxygen atoms in total. The van der Waals surface area contributed by atoms with Gasteiger partial charge in [-0.05, 0) is 18.4 Å². The van der Waals surface area contributed by atoms with Crippen LogP contribution in [0, 0.1) is 0 Å². The second-order valence-electron chi connectivity index (χ2n) is 4.47. The molecule has 1 heterocycles. The Labute approximate surface area is 101 Å². The van der Waals surface area contributed by atoms with Crippen molar-refractivity contribution in [1.29, 1.82) is 0 Å². The Hall–Kier alpha value is -1.39. The van der Waals surface area contributed by atoms with E-state index in [4.69, 9.17) is 5.73 Å². The third kappa shape index (κ3) is 2.84. The zero-order valence-electron chi connectivity index (χ0n) is 9.75. The van der Waals surface area contributed by atoms with Crippen LogP contribution in [0.25, 0.3) is 0 Å². The van der Waals surface area contributed by atoms with E-state index < -0.39 is 12.1 Å². The van der Waals surface area contributed by atoms with Crippen molar-refractivity contribution in [3.8, 4) is 0 Å². The lowest BCUT2D eigenvalue weighted by Gasteiger charge is -2.32. The Morgan fingerprint density at radius 1 is 1.41 bits per heavy atom. The van der Waals surface area contributed by atoms with Gasteiger partial charge in [-0.25, -0.2) is 0 Å². The zero-order valence-corrected chi connectivity index (χ0v) is 9.75. The third-order valence-electron chi connectivity index (χ3n) is 3.13. The average molecular weight is 234 g/mol. The summed E-state index contributed by atoms with van der Waals surface area (Å²) in [6.07, 6.45) is 1.20. The number of likely N-dealkylation sites (tertiary alicyclic amines) is 1. The molecule has 1 fully saturated rings. The van der Waals surface area contributed by atoms with Gasteiger partial charge in [0.15, 0.2) is 0 Å². The number of benzene rings is 1. The summed E-state index contributed by atoms with van der Waals surface area (Å²) in [6.45, 7) is 1.09. The van der Waals surface area contributed by atoms with E-state index in [1.54, 1.807) is 4.90 Å². The number of aliphatic hydroxyl groups excluding tert-OH is 1. The van der Waals surface area contributed by atoms with Crippen LogP contribution in [0.15, 0.2) is 30.3 Å². The largest absolute Gasteiger partial charge is 0.391 e. The first-order valence-corrected chi connectivity index (χ1v) is 5.96. The lowest BCUT2D eigenvalue weighted by molar-refractivity contribution is -0.135. The van der Waals surface area contributed by atoms with E-state index in [-0.39, 0.29) is 5.91 Å². The maximum atomic E-state index is 12.1. The van der Waals surface area contributed by atoms with Gasteiger partial charge in [-0.3, -0.25) is 4.79 Å². The van der Waals surface area contributed by atoms with Gasteiger partial charge in [-0.2, -0.15) is 0 Å². The highest BCUT2D eigenvalue weighted by Crippen LogP contribution is 2.17. The van der Waals surface area contributed by atoms with Crippen LogP contribution in [0.2, 0.25) is 0 Å². The van der Waals surface area contributed by atoms with E-state index in [0.717, 1.165) is 18.4 Å². The number of carbonyl (C=O) groups excluding carboxylic acids is 1. The van der Waals surface area contributed by atoms with Crippen molar-refractivity contribution in [3.05, 3.63) is 35.9 Å². The predicted octanol–water partition coefficient (Wildman–Crippen LogP) is 0.670. The first kappa shape index (κ1) is 12.1. The molecule has 2 rings (SSSR count). The molecule has 0 aromatic heterocycles. The van der Waals surface area contributed by atoms with E-state index in [1.807, 2.05) is 30.3 Å². The minimum Gasteiger partial charge on any atom is -0.391 e. The molecule has 1 aliphatic rings. The summed E-state index contributed by atoms with van der Waals surface area (Å²) in [5.74, 6) is -0.102. The minimum atomic E-state index is -0.624. The van der Waals surface area contributed by atoms with Crippen LogP contribution in [-0.2, 0) is 4.79 Å². The van der Waals surface area contributed by atoms with Gasteiger partial charge in [0.25, 0.3) is 0 Å². The van der Waals surface area contributed by atoms with Gasteiger partial charge in [0.1, 0.15) is 6.04 Å². The summed E-state index contributed by atoms with van der Waals surface area (Å²) in [6, 6.07) is 8.71. The van der Waals surface area contributed by atoms with Crippen molar-refractivity contribution in [2.24, 2.45) is 5.73 Å². The monoisotopic (exact) mass is 234 g/mol. The molecule has 0 saturated carbocycles. The molecular formula is C13H18N2O2. The number of β-amino-alcohol motifs (C(OH)–C–C–N with tert-alkyl or cyclic N) is 1. The second-order valence-corrected chi connectivity index (χ2v) is 4.47. The smallest absolute Gasteiger partial charge is 0.244 e. The van der Waals surface area contributed by atoms with Gasteiger partial charge in [-0.1, -0.05) is 30.3 Å². The van der Waals surface area contributed by atoms with Crippen LogP contribution in [0.1, 0.15) is 24.4 Å². The van der Waals surface area contributed by atoms with Crippen LogP contribution in [0.5, 0.6) is 0 Å². The molecule has 0 bridgehead atoms. The summed E-state index contributed by atoms with van der Waals surface area (Å²) in [5, 5.41) is 9.55. The molecule has 1 amide bonds. The minimum absolute atomic E-state index is 0.102. The molecule has 0 aliphatic carbocycles. The Balaban J connectivity index is 2.04. The van der Waals surface area contributed by atoms with Gasteiger partial charge >= 0.3 is 0 Å². The lowest BCUT2D eigenvalue weighted by atomic mass is 10.0. The van der Waals surface area contributed by atoms with Gasteiger partial charge in [0.2, 0.25) is 5.91 Å². The number of carbonyl (C=O) groups is 1. The van der Waals surface area contributed by atoms with Crippen molar-refractivity contribution in [3.63, 3.8) is 0 Å². The Bertz CT molecular complexity index is 380. The maximum Gasteiger partial charge on any atom is 0.244 e. The Kier molecular flexibility index (Phi) is 3.76. The van der Waals surface area contributed by atoms with Crippen molar-refractivity contribution in [2.75, 3.05) is 13.1 Å². The van der Waals surface area contributed by atoms with Crippen molar-refractivity contribution >= 4 is 5.91 Å². The summed E-state index contributed by atoms with van der Waals surface area (Å²) < 4.78 is 0. The summed E-state index contributed by atoms with van der Waals surface area (Å²) in [5.41, 5.74) is 6.76. The highest BCUT2D eigenvalue weighted by Gasteiger charge is 2.26. The molecular weight excluding hydrogens is 216 g/mol. The number of hydrogen-bond acceptors (Lipinski definition) is 3. The van der Waals surface area contributed by atoms with E-state index in [9.17, 15) is 9.90 Å². The number of piperidine rings is 1. The molecule has 3 N–H and O–H groups in total. The number of rotatable bonds is 2. The van der Waals surface area contributed by atoms with Gasteiger partial charge < -0.3 is 15.7 Å². The zero-order chi connectivity index (χ0) is 12.3. The molecule has 1 unspecified atom stereocenters. The number of nitrogens with two attached hydrogens (primary N) is 1. The molecule has 1 aromatic rings. The van der Waals surface area contributed by atoms with Gasteiger partial charge in [0.05, 0.1) is 6.10 Å². The highest BCUT2D eigenvalue weighted by molar-refractivity contribution is 5.83. The lowest BCUT2D eigenvalue weighted by Crippen LogP contribution is -2.46. The standard InChI is InChI=1S/C13H18N2O2/c14-12(10-5-2-1-3-6-10)13(17)15-8-4-7-11(16)9-15/h1-3,5-6,11-12,16H,4,7-9,14H2/t11-,12?/m0/s1. The van der Waals surface area contributed by atoms with Crippen LogP contribution < -0.4 is 5.73 Å². The molecule has 1 aromatic carbocycles. The first-order chi connectivity index (χ1) is 8.18. The van der Waals surface area contributed by atoms with Crippen LogP contribution in [0.4, 0.5) is 0 Å². The van der Waals surface area contributed by atoms with Crippen molar-refractivity contribution < 1.29 is 9.90 Å². The molecule has 2 atom stereocenters. The summed E-state index contributed by atoms with van der Waals surface area (Å²) >= 11 is 0. The number of nitrogens with zero attached hydrogens (tertiary/aromatic N) is 1. The molecule has 17 heavy (non-hydrogen) atoms. The molecule has 92 valence electrons. The van der Waals surface area contributed by atoms with Crippen LogP contribution in [-0.4, -0.2) is 35.1 Å². The molecule has 1 aliphatic heterocycles. The fraction of sp³-hybridized carbons (Fsp3) is 0.462. The number of amides is 1. The molecule has 0 spiro atoms. The first-order valence-electron chi connectivity index (χ1n) is 5.96. The van der Waals surface area contributed by atoms with E-state index >= 15 is 0 Å². The second kappa shape index (κ2) is 5.29. The third-order valence-corrected chi connectivity index (χ3v) is 3.13. The van der Waals surface area contributed by atoms with E-state index in [1.165, 1.54) is 0 Å². The highest BCUT2D eigenvalue weighted by atomic mass is 16.3. The quantitative estimate of drug-likeness (QED) is 0.790. The van der Waals surface area contributed by atoms with Crippen LogP contribution in [0.3, 0.4) is 0 Å². The fourth-order valence-corrected chi connectivity index (χ4v) is 2.15. The number of aliphatic hydroxyl groups is 1. The van der Waals surface area contributed by atoms with Gasteiger partial charge in [-0.15, -0.1) is 0 Å². The SMILES string of the molecule is NC(C(=O)N1CCC[C@H](O)C1)c1ccccc1. The molecule has 1 saturated heterocycles. The van der Waals surface area contributed by atoms with Crippen molar-refractivity contribution in [2.45, 2.75) is 25.0 Å². The summed E-state index contributed by atoms with van der Waals surface area (Å²) in [7, 11) is 0.